The average molecular weight is 265 g/mol. The Hall–Kier alpha value is -2.26. The maximum absolute atomic E-state index is 12.3. The maximum Gasteiger partial charge on any atom is 0.194 e. The highest BCUT2D eigenvalue weighted by Gasteiger charge is 2.10. The summed E-state index contributed by atoms with van der Waals surface area (Å²) in [5.74, 6) is 0.00519. The normalized spacial score (nSPS) is 14.7. The Morgan fingerprint density at radius 3 is 2.60 bits per heavy atom. The second-order valence-electron chi connectivity index (χ2n) is 4.70. The molecule has 3 nitrogen and oxygen atoms in total. The second-order valence-corrected chi connectivity index (χ2v) is 4.70. The number of ketones is 1. The highest BCUT2D eigenvalue weighted by molar-refractivity contribution is 6.08. The molecule has 0 atom stereocenters. The van der Waals surface area contributed by atoms with E-state index in [0.717, 1.165) is 18.6 Å². The molecule has 0 radical (unpaired) electrons. The molecular weight excluding hydrogens is 250 g/mol. The lowest BCUT2D eigenvalue weighted by Gasteiger charge is -2.13. The Balaban J connectivity index is 1.83. The summed E-state index contributed by atoms with van der Waals surface area (Å²) in [6, 6.07) is 11.3. The fourth-order valence-corrected chi connectivity index (χ4v) is 2.29. The summed E-state index contributed by atoms with van der Waals surface area (Å²) < 4.78 is 5.30. The Morgan fingerprint density at radius 1 is 1.10 bits per heavy atom. The predicted octanol–water partition coefficient (Wildman–Crippen LogP) is 3.12. The van der Waals surface area contributed by atoms with Crippen molar-refractivity contribution in [2.45, 2.75) is 6.42 Å². The van der Waals surface area contributed by atoms with E-state index >= 15 is 0 Å². The van der Waals surface area contributed by atoms with Crippen LogP contribution in [0.2, 0.25) is 0 Å². The van der Waals surface area contributed by atoms with Crippen LogP contribution in [0.5, 0.6) is 0 Å². The first-order valence-electron chi connectivity index (χ1n) is 6.66. The molecule has 0 saturated heterocycles. The van der Waals surface area contributed by atoms with E-state index in [1.807, 2.05) is 24.3 Å². The van der Waals surface area contributed by atoms with Crippen molar-refractivity contribution < 1.29 is 9.53 Å². The number of rotatable bonds is 3. The van der Waals surface area contributed by atoms with Gasteiger partial charge in [0, 0.05) is 23.5 Å². The van der Waals surface area contributed by atoms with Crippen LogP contribution in [0.25, 0.3) is 5.57 Å². The van der Waals surface area contributed by atoms with E-state index in [0.29, 0.717) is 17.7 Å². The standard InChI is InChI=1S/C17H15NO2/c19-17(16-2-1-9-18-12-16)15-5-3-13(4-6-15)14-7-10-20-11-8-14/h1-7,9,12H,8,10-11H2. The van der Waals surface area contributed by atoms with Crippen molar-refractivity contribution >= 4 is 11.4 Å². The monoisotopic (exact) mass is 265 g/mol. The maximum atomic E-state index is 12.3. The quantitative estimate of drug-likeness (QED) is 0.800. The van der Waals surface area contributed by atoms with Crippen LogP contribution in [0.1, 0.15) is 27.9 Å². The molecule has 2 aromatic rings. The smallest absolute Gasteiger partial charge is 0.194 e. The number of hydrogen-bond acceptors (Lipinski definition) is 3. The summed E-state index contributed by atoms with van der Waals surface area (Å²) in [5, 5.41) is 0. The van der Waals surface area contributed by atoms with Crippen LogP contribution in [-0.4, -0.2) is 24.0 Å². The first-order chi connectivity index (χ1) is 9.84. The minimum absolute atomic E-state index is 0.00519. The molecule has 0 fully saturated rings. The van der Waals surface area contributed by atoms with Gasteiger partial charge >= 0.3 is 0 Å². The average Bonchev–Trinajstić information content (AvgIpc) is 2.56. The Bertz CT molecular complexity index is 630. The molecule has 1 aromatic carbocycles. The summed E-state index contributed by atoms with van der Waals surface area (Å²) in [6.07, 6.45) is 6.28. The SMILES string of the molecule is O=C(c1ccc(C2=CCOCC2)cc1)c1cccnc1. The molecular formula is C17H15NO2. The number of carbonyl (C=O) groups is 1. The first kappa shape index (κ1) is 12.8. The van der Waals surface area contributed by atoms with Gasteiger partial charge in [-0.2, -0.15) is 0 Å². The molecule has 100 valence electrons. The number of benzene rings is 1. The van der Waals surface area contributed by atoms with Crippen molar-refractivity contribution in [2.24, 2.45) is 0 Å². The van der Waals surface area contributed by atoms with Gasteiger partial charge in [0.25, 0.3) is 0 Å². The number of hydrogen-bond donors (Lipinski definition) is 0. The third-order valence-corrected chi connectivity index (χ3v) is 3.40. The van der Waals surface area contributed by atoms with Crippen molar-refractivity contribution in [1.29, 1.82) is 0 Å². The van der Waals surface area contributed by atoms with Crippen molar-refractivity contribution in [2.75, 3.05) is 13.2 Å². The molecule has 0 aliphatic carbocycles. The van der Waals surface area contributed by atoms with Crippen LogP contribution < -0.4 is 0 Å². The van der Waals surface area contributed by atoms with Crippen molar-refractivity contribution in [3.8, 4) is 0 Å². The molecule has 0 saturated carbocycles. The molecule has 0 amide bonds. The topological polar surface area (TPSA) is 39.2 Å². The molecule has 20 heavy (non-hydrogen) atoms. The second kappa shape index (κ2) is 5.80. The summed E-state index contributed by atoms with van der Waals surface area (Å²) >= 11 is 0. The number of aromatic nitrogens is 1. The van der Waals surface area contributed by atoms with Crippen molar-refractivity contribution in [1.82, 2.24) is 4.98 Å². The van der Waals surface area contributed by atoms with Crippen LogP contribution in [0, 0.1) is 0 Å². The summed E-state index contributed by atoms with van der Waals surface area (Å²) in [4.78, 5) is 16.2. The summed E-state index contributed by atoms with van der Waals surface area (Å²) in [7, 11) is 0. The molecule has 2 heterocycles. The Morgan fingerprint density at radius 2 is 1.95 bits per heavy atom. The van der Waals surface area contributed by atoms with Gasteiger partial charge in [-0.1, -0.05) is 30.3 Å². The van der Waals surface area contributed by atoms with Gasteiger partial charge in [0.05, 0.1) is 13.2 Å². The lowest BCUT2D eigenvalue weighted by atomic mass is 9.98. The van der Waals surface area contributed by atoms with Gasteiger partial charge in [0.2, 0.25) is 0 Å². The zero-order valence-corrected chi connectivity index (χ0v) is 11.1. The summed E-state index contributed by atoms with van der Waals surface area (Å²) in [5.41, 5.74) is 3.76. The van der Waals surface area contributed by atoms with Crippen molar-refractivity contribution in [3.05, 3.63) is 71.6 Å². The number of carbonyl (C=O) groups excluding carboxylic acids is 1. The van der Waals surface area contributed by atoms with Gasteiger partial charge in [-0.3, -0.25) is 9.78 Å². The summed E-state index contributed by atoms with van der Waals surface area (Å²) in [6.45, 7) is 1.44. The molecule has 1 aliphatic heterocycles. The van der Waals surface area contributed by atoms with Crippen LogP contribution >= 0.6 is 0 Å². The van der Waals surface area contributed by atoms with Gasteiger partial charge < -0.3 is 4.74 Å². The van der Waals surface area contributed by atoms with Crippen LogP contribution in [0.3, 0.4) is 0 Å². The molecule has 0 N–H and O–H groups in total. The van der Waals surface area contributed by atoms with Gasteiger partial charge in [-0.15, -0.1) is 0 Å². The third-order valence-electron chi connectivity index (χ3n) is 3.40. The fourth-order valence-electron chi connectivity index (χ4n) is 2.29. The molecule has 3 rings (SSSR count). The zero-order chi connectivity index (χ0) is 13.8. The number of pyridine rings is 1. The molecule has 0 unspecified atom stereocenters. The highest BCUT2D eigenvalue weighted by Crippen LogP contribution is 2.22. The largest absolute Gasteiger partial charge is 0.377 e. The lowest BCUT2D eigenvalue weighted by molar-refractivity contribution is 0.103. The highest BCUT2D eigenvalue weighted by atomic mass is 16.5. The van der Waals surface area contributed by atoms with E-state index < -0.39 is 0 Å². The first-order valence-corrected chi connectivity index (χ1v) is 6.66. The molecule has 0 bridgehead atoms. The zero-order valence-electron chi connectivity index (χ0n) is 11.1. The van der Waals surface area contributed by atoms with E-state index in [1.54, 1.807) is 24.5 Å². The van der Waals surface area contributed by atoms with Crippen LogP contribution in [-0.2, 0) is 4.74 Å². The van der Waals surface area contributed by atoms with E-state index in [4.69, 9.17) is 4.74 Å². The Labute approximate surface area is 117 Å². The van der Waals surface area contributed by atoms with Gasteiger partial charge in [-0.25, -0.2) is 0 Å². The molecule has 1 aromatic heterocycles. The molecule has 0 spiro atoms. The van der Waals surface area contributed by atoms with E-state index in [2.05, 4.69) is 11.1 Å². The van der Waals surface area contributed by atoms with Crippen LogP contribution in [0.4, 0.5) is 0 Å². The number of nitrogens with zero attached hydrogens (tertiary/aromatic N) is 1. The van der Waals surface area contributed by atoms with Gasteiger partial charge in [0.1, 0.15) is 0 Å². The molecule has 1 aliphatic rings. The molecule has 3 heteroatoms. The lowest BCUT2D eigenvalue weighted by Crippen LogP contribution is -2.05. The van der Waals surface area contributed by atoms with E-state index in [1.165, 1.54) is 5.57 Å². The van der Waals surface area contributed by atoms with Gasteiger partial charge in [-0.05, 0) is 29.7 Å². The van der Waals surface area contributed by atoms with Gasteiger partial charge in [0.15, 0.2) is 5.78 Å². The third kappa shape index (κ3) is 2.68. The Kier molecular flexibility index (Phi) is 3.70. The number of ether oxygens (including phenoxy) is 1. The fraction of sp³-hybridized carbons (Fsp3) is 0.176. The van der Waals surface area contributed by atoms with E-state index in [9.17, 15) is 4.79 Å². The van der Waals surface area contributed by atoms with Crippen molar-refractivity contribution in [3.63, 3.8) is 0 Å². The van der Waals surface area contributed by atoms with E-state index in [-0.39, 0.29) is 5.78 Å². The minimum Gasteiger partial charge on any atom is -0.377 e. The minimum atomic E-state index is 0.00519. The predicted molar refractivity (Wildman–Crippen MR) is 77.5 cm³/mol. The van der Waals surface area contributed by atoms with Crippen LogP contribution in [0.15, 0.2) is 54.9 Å².